The molecule has 0 aliphatic carbocycles. The third-order valence-corrected chi connectivity index (χ3v) is 4.38. The molecule has 1 saturated heterocycles. The summed E-state index contributed by atoms with van der Waals surface area (Å²) in [5, 5.41) is 12.8. The number of nitrogens with zero attached hydrogens (tertiary/aromatic N) is 1. The van der Waals surface area contributed by atoms with E-state index in [0.717, 1.165) is 19.0 Å². The van der Waals surface area contributed by atoms with Crippen LogP contribution in [0.25, 0.3) is 0 Å². The van der Waals surface area contributed by atoms with Crippen LogP contribution in [0, 0.1) is 11.7 Å². The first-order chi connectivity index (χ1) is 9.88. The van der Waals surface area contributed by atoms with Crippen LogP contribution in [0.3, 0.4) is 0 Å². The molecular formula is C15H20ClFN2O2. The smallest absolute Gasteiger partial charge is 0.241 e. The highest BCUT2D eigenvalue weighted by molar-refractivity contribution is 6.33. The largest absolute Gasteiger partial charge is 0.392 e. The number of nitrogens with one attached hydrogen (secondary N) is 1. The molecular weight excluding hydrogens is 295 g/mol. The Morgan fingerprint density at radius 2 is 2.29 bits per heavy atom. The second-order valence-corrected chi connectivity index (χ2v) is 6.02. The number of piperidine rings is 1. The second-order valence-electron chi connectivity index (χ2n) is 5.62. The summed E-state index contributed by atoms with van der Waals surface area (Å²) >= 11 is 5.90. The van der Waals surface area contributed by atoms with Crippen LogP contribution in [0.2, 0.25) is 5.02 Å². The Balaban J connectivity index is 1.99. The molecule has 0 aromatic heterocycles. The summed E-state index contributed by atoms with van der Waals surface area (Å²) < 4.78 is 13.0. The van der Waals surface area contributed by atoms with Gasteiger partial charge in [0.05, 0.1) is 22.9 Å². The Bertz CT molecular complexity index is 526. The summed E-state index contributed by atoms with van der Waals surface area (Å²) in [4.78, 5) is 14.2. The number of β-amino-alcohol motifs (C(OH)–C–C–N with tert-alkyl or cyclic N) is 1. The Labute approximate surface area is 128 Å². The molecule has 1 aliphatic rings. The summed E-state index contributed by atoms with van der Waals surface area (Å²) in [5.74, 6) is -0.410. The van der Waals surface area contributed by atoms with Gasteiger partial charge in [-0.25, -0.2) is 4.39 Å². The van der Waals surface area contributed by atoms with E-state index in [0.29, 0.717) is 12.2 Å². The number of hydrogen-bond acceptors (Lipinski definition) is 3. The summed E-state index contributed by atoms with van der Waals surface area (Å²) in [6, 6.07) is 3.47. The molecule has 2 rings (SSSR count). The quantitative estimate of drug-likeness (QED) is 0.901. The minimum atomic E-state index is -0.445. The van der Waals surface area contributed by atoms with Crippen molar-refractivity contribution in [3.05, 3.63) is 29.0 Å². The van der Waals surface area contributed by atoms with Crippen molar-refractivity contribution in [3.63, 3.8) is 0 Å². The summed E-state index contributed by atoms with van der Waals surface area (Å²) in [6.45, 7) is 5.04. The lowest BCUT2D eigenvalue weighted by atomic mass is 9.95. The molecule has 1 aromatic rings. The third kappa shape index (κ3) is 3.93. The average molecular weight is 315 g/mol. The van der Waals surface area contributed by atoms with Gasteiger partial charge in [0.1, 0.15) is 5.82 Å². The highest BCUT2D eigenvalue weighted by atomic mass is 35.5. The second kappa shape index (κ2) is 6.73. The van der Waals surface area contributed by atoms with Crippen molar-refractivity contribution in [2.45, 2.75) is 32.4 Å². The highest BCUT2D eigenvalue weighted by Crippen LogP contribution is 2.24. The molecule has 6 heteroatoms. The van der Waals surface area contributed by atoms with Crippen LogP contribution in [0.5, 0.6) is 0 Å². The van der Waals surface area contributed by atoms with Crippen molar-refractivity contribution >= 4 is 23.2 Å². The van der Waals surface area contributed by atoms with E-state index in [4.69, 9.17) is 11.6 Å². The first-order valence-electron chi connectivity index (χ1n) is 7.06. The molecule has 2 N–H and O–H groups in total. The van der Waals surface area contributed by atoms with E-state index in [-0.39, 0.29) is 22.9 Å². The van der Waals surface area contributed by atoms with Gasteiger partial charge in [-0.3, -0.25) is 9.69 Å². The van der Waals surface area contributed by atoms with Crippen molar-refractivity contribution in [2.24, 2.45) is 5.92 Å². The van der Waals surface area contributed by atoms with E-state index in [1.54, 1.807) is 6.92 Å². The van der Waals surface area contributed by atoms with E-state index in [2.05, 4.69) is 5.32 Å². The van der Waals surface area contributed by atoms with Crippen molar-refractivity contribution < 1.29 is 14.3 Å². The SMILES string of the molecule is CC1CCN(C(C)C(=O)Nc2ccc(F)cc2Cl)CC1O. The fourth-order valence-electron chi connectivity index (χ4n) is 2.42. The van der Waals surface area contributed by atoms with Crippen LogP contribution in [0.15, 0.2) is 18.2 Å². The van der Waals surface area contributed by atoms with Gasteiger partial charge in [0.25, 0.3) is 0 Å². The number of likely N-dealkylation sites (tertiary alicyclic amines) is 1. The van der Waals surface area contributed by atoms with Crippen LogP contribution < -0.4 is 5.32 Å². The topological polar surface area (TPSA) is 52.6 Å². The van der Waals surface area contributed by atoms with Gasteiger partial charge in [-0.05, 0) is 44.0 Å². The number of amides is 1. The first-order valence-corrected chi connectivity index (χ1v) is 7.44. The predicted octanol–water partition coefficient (Wildman–Crippen LogP) is 2.51. The minimum Gasteiger partial charge on any atom is -0.392 e. The number of hydrogen-bond donors (Lipinski definition) is 2. The molecule has 1 fully saturated rings. The zero-order valence-corrected chi connectivity index (χ0v) is 12.9. The molecule has 1 aliphatic heterocycles. The molecule has 1 amide bonds. The summed E-state index contributed by atoms with van der Waals surface area (Å²) in [6.07, 6.45) is 0.444. The lowest BCUT2D eigenvalue weighted by Crippen LogP contribution is -2.50. The monoisotopic (exact) mass is 314 g/mol. The Morgan fingerprint density at radius 3 is 2.90 bits per heavy atom. The molecule has 0 radical (unpaired) electrons. The maximum absolute atomic E-state index is 13.0. The van der Waals surface area contributed by atoms with Crippen LogP contribution >= 0.6 is 11.6 Å². The van der Waals surface area contributed by atoms with Crippen LogP contribution in [-0.2, 0) is 4.79 Å². The van der Waals surface area contributed by atoms with Gasteiger partial charge in [-0.2, -0.15) is 0 Å². The first kappa shape index (κ1) is 16.2. The molecule has 3 atom stereocenters. The van der Waals surface area contributed by atoms with E-state index in [9.17, 15) is 14.3 Å². The van der Waals surface area contributed by atoms with Gasteiger partial charge in [-0.1, -0.05) is 18.5 Å². The number of halogens is 2. The van der Waals surface area contributed by atoms with Crippen molar-refractivity contribution in [1.29, 1.82) is 0 Å². The molecule has 21 heavy (non-hydrogen) atoms. The van der Waals surface area contributed by atoms with E-state index >= 15 is 0 Å². The number of aliphatic hydroxyl groups excluding tert-OH is 1. The Hall–Kier alpha value is -1.17. The molecule has 116 valence electrons. The molecule has 1 heterocycles. The number of aliphatic hydroxyl groups is 1. The van der Waals surface area contributed by atoms with Crippen LogP contribution in [0.1, 0.15) is 20.3 Å². The van der Waals surface area contributed by atoms with Crippen LogP contribution in [0.4, 0.5) is 10.1 Å². The minimum absolute atomic E-state index is 0.169. The molecule has 0 saturated carbocycles. The number of anilines is 1. The fraction of sp³-hybridized carbons (Fsp3) is 0.533. The van der Waals surface area contributed by atoms with E-state index in [1.165, 1.54) is 12.1 Å². The number of carbonyl (C=O) groups excluding carboxylic acids is 1. The lowest BCUT2D eigenvalue weighted by molar-refractivity contribution is -0.122. The molecule has 0 spiro atoms. The summed E-state index contributed by atoms with van der Waals surface area (Å²) in [5.41, 5.74) is 0.390. The zero-order valence-electron chi connectivity index (χ0n) is 12.1. The van der Waals surface area contributed by atoms with Gasteiger partial charge in [0, 0.05) is 6.54 Å². The molecule has 0 bridgehead atoms. The van der Waals surface area contributed by atoms with Gasteiger partial charge >= 0.3 is 0 Å². The molecule has 1 aromatic carbocycles. The lowest BCUT2D eigenvalue weighted by Gasteiger charge is -2.37. The standard InChI is InChI=1S/C15H20ClFN2O2/c1-9-5-6-19(8-14(9)20)10(2)15(21)18-13-4-3-11(17)7-12(13)16/h3-4,7,9-10,14,20H,5-6,8H2,1-2H3,(H,18,21). The van der Waals surface area contributed by atoms with E-state index < -0.39 is 11.9 Å². The van der Waals surface area contributed by atoms with Crippen molar-refractivity contribution in [1.82, 2.24) is 4.90 Å². The van der Waals surface area contributed by atoms with E-state index in [1.807, 2.05) is 11.8 Å². The number of carbonyl (C=O) groups is 1. The fourth-order valence-corrected chi connectivity index (χ4v) is 2.63. The average Bonchev–Trinajstić information content (AvgIpc) is 2.44. The number of rotatable bonds is 3. The van der Waals surface area contributed by atoms with Gasteiger partial charge in [0.2, 0.25) is 5.91 Å². The summed E-state index contributed by atoms with van der Waals surface area (Å²) in [7, 11) is 0. The van der Waals surface area contributed by atoms with Crippen molar-refractivity contribution in [2.75, 3.05) is 18.4 Å². The highest BCUT2D eigenvalue weighted by Gasteiger charge is 2.30. The Kier molecular flexibility index (Phi) is 5.19. The van der Waals surface area contributed by atoms with Gasteiger partial charge in [0.15, 0.2) is 0 Å². The van der Waals surface area contributed by atoms with Crippen molar-refractivity contribution in [3.8, 4) is 0 Å². The molecule has 3 unspecified atom stereocenters. The van der Waals surface area contributed by atoms with Gasteiger partial charge < -0.3 is 10.4 Å². The van der Waals surface area contributed by atoms with Gasteiger partial charge in [-0.15, -0.1) is 0 Å². The predicted molar refractivity (Wildman–Crippen MR) is 80.9 cm³/mol. The van der Waals surface area contributed by atoms with Crippen LogP contribution in [-0.4, -0.2) is 41.1 Å². The zero-order chi connectivity index (χ0) is 15.6. The number of benzene rings is 1. The normalized spacial score (nSPS) is 24.6. The Morgan fingerprint density at radius 1 is 1.57 bits per heavy atom. The molecule has 4 nitrogen and oxygen atoms in total. The maximum Gasteiger partial charge on any atom is 0.241 e. The third-order valence-electron chi connectivity index (χ3n) is 4.07. The maximum atomic E-state index is 13.0.